The van der Waals surface area contributed by atoms with Crippen molar-refractivity contribution in [2.24, 2.45) is 7.05 Å². The van der Waals surface area contributed by atoms with Crippen molar-refractivity contribution in [2.75, 3.05) is 32.8 Å². The maximum absolute atomic E-state index is 13.3. The van der Waals surface area contributed by atoms with Gasteiger partial charge in [-0.3, -0.25) is 9.58 Å². The second kappa shape index (κ2) is 9.87. The number of halogens is 1. The first-order valence-corrected chi connectivity index (χ1v) is 10.5. The van der Waals surface area contributed by atoms with E-state index in [9.17, 15) is 4.39 Å². The lowest BCUT2D eigenvalue weighted by Gasteiger charge is -2.32. The van der Waals surface area contributed by atoms with Crippen molar-refractivity contribution in [1.29, 1.82) is 0 Å². The maximum Gasteiger partial charge on any atom is 0.126 e. The quantitative estimate of drug-likeness (QED) is 0.567. The van der Waals surface area contributed by atoms with E-state index >= 15 is 0 Å². The highest BCUT2D eigenvalue weighted by Gasteiger charge is 2.24. The molecule has 0 radical (unpaired) electrons. The molecule has 4 rings (SSSR count). The lowest BCUT2D eigenvalue weighted by molar-refractivity contribution is -0.0318. The molecule has 0 saturated carbocycles. The van der Waals surface area contributed by atoms with Gasteiger partial charge in [-0.15, -0.1) is 0 Å². The van der Waals surface area contributed by atoms with Gasteiger partial charge in [0, 0.05) is 44.9 Å². The van der Waals surface area contributed by atoms with Crippen LogP contribution in [0.1, 0.15) is 23.1 Å². The summed E-state index contributed by atoms with van der Waals surface area (Å²) in [6.07, 6.45) is 1.72. The Hall–Kier alpha value is -2.70. The summed E-state index contributed by atoms with van der Waals surface area (Å²) in [5, 5.41) is 4.68. The van der Waals surface area contributed by atoms with Crippen molar-refractivity contribution in [3.63, 3.8) is 0 Å². The fraction of sp³-hybridized carbons (Fsp3) is 0.375. The topological polar surface area (TPSA) is 39.5 Å². The second-order valence-corrected chi connectivity index (χ2v) is 7.64. The van der Waals surface area contributed by atoms with Crippen LogP contribution in [0.2, 0.25) is 0 Å². The number of benzene rings is 2. The van der Waals surface area contributed by atoms with Crippen molar-refractivity contribution in [3.05, 3.63) is 83.4 Å². The van der Waals surface area contributed by atoms with Crippen molar-refractivity contribution in [2.45, 2.75) is 18.9 Å². The lowest BCUT2D eigenvalue weighted by Crippen LogP contribution is -2.39. The fourth-order valence-corrected chi connectivity index (χ4v) is 3.77. The number of aromatic nitrogens is 2. The summed E-state index contributed by atoms with van der Waals surface area (Å²) in [6.45, 7) is 4.00. The molecule has 3 aromatic rings. The molecule has 30 heavy (non-hydrogen) atoms. The van der Waals surface area contributed by atoms with E-state index in [1.807, 2.05) is 11.7 Å². The van der Waals surface area contributed by atoms with Crippen LogP contribution in [0.5, 0.6) is 5.75 Å². The van der Waals surface area contributed by atoms with Crippen LogP contribution in [-0.2, 0) is 24.6 Å². The molecular weight excluding hydrogens is 381 g/mol. The summed E-state index contributed by atoms with van der Waals surface area (Å²) < 4.78 is 26.8. The minimum absolute atomic E-state index is 0.0152. The maximum atomic E-state index is 13.3. The Balaban J connectivity index is 1.30. The number of morpholine rings is 1. The molecule has 2 aromatic carbocycles. The van der Waals surface area contributed by atoms with Crippen LogP contribution in [0.25, 0.3) is 0 Å². The summed E-state index contributed by atoms with van der Waals surface area (Å²) in [4.78, 5) is 2.45. The highest BCUT2D eigenvalue weighted by Crippen LogP contribution is 2.22. The van der Waals surface area contributed by atoms with Gasteiger partial charge in [-0.05, 0) is 30.2 Å². The van der Waals surface area contributed by atoms with Crippen molar-refractivity contribution < 1.29 is 13.9 Å². The van der Waals surface area contributed by atoms with Gasteiger partial charge in [-0.1, -0.05) is 36.4 Å². The number of hydrogen-bond donors (Lipinski definition) is 0. The van der Waals surface area contributed by atoms with Crippen LogP contribution in [0.4, 0.5) is 4.39 Å². The molecule has 0 amide bonds. The third-order valence-corrected chi connectivity index (χ3v) is 5.46. The van der Waals surface area contributed by atoms with E-state index in [0.717, 1.165) is 37.4 Å². The molecule has 6 heteroatoms. The average molecular weight is 410 g/mol. The van der Waals surface area contributed by atoms with Crippen molar-refractivity contribution in [3.8, 4) is 5.75 Å². The Kier molecular flexibility index (Phi) is 6.77. The second-order valence-electron chi connectivity index (χ2n) is 7.64. The van der Waals surface area contributed by atoms with Gasteiger partial charge in [0.25, 0.3) is 0 Å². The Morgan fingerprint density at radius 3 is 2.80 bits per heavy atom. The van der Waals surface area contributed by atoms with Crippen LogP contribution in [0.15, 0.2) is 60.7 Å². The van der Waals surface area contributed by atoms with Crippen molar-refractivity contribution >= 4 is 0 Å². The van der Waals surface area contributed by atoms with Gasteiger partial charge in [0.15, 0.2) is 0 Å². The van der Waals surface area contributed by atoms with Crippen LogP contribution in [0, 0.1) is 5.82 Å². The third kappa shape index (κ3) is 5.46. The van der Waals surface area contributed by atoms with E-state index in [1.165, 1.54) is 17.7 Å². The van der Waals surface area contributed by atoms with E-state index in [1.54, 1.807) is 12.1 Å². The van der Waals surface area contributed by atoms with E-state index in [0.29, 0.717) is 25.4 Å². The minimum Gasteiger partial charge on any atom is -0.493 e. The first-order valence-electron chi connectivity index (χ1n) is 10.5. The van der Waals surface area contributed by atoms with Crippen LogP contribution in [-0.4, -0.2) is 47.5 Å². The van der Waals surface area contributed by atoms with Gasteiger partial charge >= 0.3 is 0 Å². The number of aryl methyl sites for hydroxylation is 1. The van der Waals surface area contributed by atoms with E-state index in [2.05, 4.69) is 46.4 Å². The predicted octanol–water partition coefficient (Wildman–Crippen LogP) is 3.80. The molecule has 0 N–H and O–H groups in total. The first-order chi connectivity index (χ1) is 14.7. The predicted molar refractivity (Wildman–Crippen MR) is 114 cm³/mol. The molecule has 1 fully saturated rings. The zero-order valence-electron chi connectivity index (χ0n) is 17.3. The summed E-state index contributed by atoms with van der Waals surface area (Å²) >= 11 is 0. The highest BCUT2D eigenvalue weighted by atomic mass is 19.1. The minimum atomic E-state index is -0.290. The summed E-state index contributed by atoms with van der Waals surface area (Å²) in [5.74, 6) is 0.253. The van der Waals surface area contributed by atoms with Gasteiger partial charge in [0.05, 0.1) is 18.9 Å². The standard InChI is InChI=1S/C24H28FN3O2/c1-27-21(11-14-29-22-9-5-8-20(25)16-22)17-23(26-27)24-18-28(13-15-30-24)12-10-19-6-3-2-4-7-19/h2-9,16-17,24H,10-15,18H2,1H3/t24-/m1/s1. The normalized spacial score (nSPS) is 17.2. The molecule has 1 aliphatic heterocycles. The summed E-state index contributed by atoms with van der Waals surface area (Å²) in [5.41, 5.74) is 3.40. The number of nitrogens with zero attached hydrogens (tertiary/aromatic N) is 3. The number of ether oxygens (including phenoxy) is 2. The number of rotatable bonds is 8. The molecule has 0 bridgehead atoms. The van der Waals surface area contributed by atoms with Crippen LogP contribution < -0.4 is 4.74 Å². The van der Waals surface area contributed by atoms with Gasteiger partial charge in [-0.25, -0.2) is 4.39 Å². The first kappa shape index (κ1) is 20.6. The Morgan fingerprint density at radius 2 is 1.97 bits per heavy atom. The number of hydrogen-bond acceptors (Lipinski definition) is 4. The Bertz CT molecular complexity index is 945. The average Bonchev–Trinajstić information content (AvgIpc) is 3.14. The smallest absolute Gasteiger partial charge is 0.126 e. The highest BCUT2D eigenvalue weighted by molar-refractivity contribution is 5.22. The molecule has 0 aliphatic carbocycles. The monoisotopic (exact) mass is 409 g/mol. The van der Waals surface area contributed by atoms with Crippen LogP contribution in [0.3, 0.4) is 0 Å². The van der Waals surface area contributed by atoms with Gasteiger partial charge in [-0.2, -0.15) is 5.10 Å². The SMILES string of the molecule is Cn1nc([C@H]2CN(CCc3ccccc3)CCO2)cc1CCOc1cccc(F)c1. The van der Waals surface area contributed by atoms with Gasteiger partial charge in [0.1, 0.15) is 17.7 Å². The van der Waals surface area contributed by atoms with E-state index in [-0.39, 0.29) is 11.9 Å². The van der Waals surface area contributed by atoms with Crippen LogP contribution >= 0.6 is 0 Å². The zero-order valence-corrected chi connectivity index (χ0v) is 17.3. The summed E-state index contributed by atoms with van der Waals surface area (Å²) in [7, 11) is 1.94. The van der Waals surface area contributed by atoms with Gasteiger partial charge in [0.2, 0.25) is 0 Å². The Morgan fingerprint density at radius 1 is 1.10 bits per heavy atom. The molecule has 1 aromatic heterocycles. The largest absolute Gasteiger partial charge is 0.493 e. The fourth-order valence-electron chi connectivity index (χ4n) is 3.77. The lowest BCUT2D eigenvalue weighted by atomic mass is 10.1. The van der Waals surface area contributed by atoms with E-state index < -0.39 is 0 Å². The van der Waals surface area contributed by atoms with E-state index in [4.69, 9.17) is 9.47 Å². The molecule has 2 heterocycles. The molecule has 1 atom stereocenters. The molecule has 1 saturated heterocycles. The molecular formula is C24H28FN3O2. The molecule has 158 valence electrons. The molecule has 5 nitrogen and oxygen atoms in total. The zero-order chi connectivity index (χ0) is 20.8. The molecule has 1 aliphatic rings. The molecule has 0 unspecified atom stereocenters. The van der Waals surface area contributed by atoms with Crippen molar-refractivity contribution in [1.82, 2.24) is 14.7 Å². The third-order valence-electron chi connectivity index (χ3n) is 5.46. The molecule has 0 spiro atoms. The summed E-state index contributed by atoms with van der Waals surface area (Å²) in [6, 6.07) is 18.9. The van der Waals surface area contributed by atoms with Gasteiger partial charge < -0.3 is 9.47 Å². The Labute approximate surface area is 177 Å².